The molecule has 0 radical (unpaired) electrons. The summed E-state index contributed by atoms with van der Waals surface area (Å²) in [5.74, 6) is 0.515. The Hall–Kier alpha value is -2.54. The molecule has 0 N–H and O–H groups in total. The minimum Gasteiger partial charge on any atom is -0.472 e. The van der Waals surface area contributed by atoms with E-state index in [1.165, 1.54) is 12.4 Å². The normalized spacial score (nSPS) is 25.9. The highest BCUT2D eigenvalue weighted by Crippen LogP contribution is 2.36. The number of rotatable bonds is 3. The van der Waals surface area contributed by atoms with Gasteiger partial charge in [-0.25, -0.2) is 9.97 Å². The van der Waals surface area contributed by atoms with Gasteiger partial charge in [0.2, 0.25) is 5.88 Å². The van der Waals surface area contributed by atoms with Crippen LogP contribution in [0.25, 0.3) is 0 Å². The van der Waals surface area contributed by atoms with Crippen LogP contribution in [-0.2, 0) is 4.74 Å². The molecule has 7 nitrogen and oxygen atoms in total. The summed E-state index contributed by atoms with van der Waals surface area (Å²) < 4.78 is 12.0. The van der Waals surface area contributed by atoms with Crippen molar-refractivity contribution < 1.29 is 14.3 Å². The van der Waals surface area contributed by atoms with Crippen LogP contribution in [-0.4, -0.2) is 57.2 Å². The highest BCUT2D eigenvalue weighted by Gasteiger charge is 2.45. The van der Waals surface area contributed by atoms with E-state index >= 15 is 0 Å². The fourth-order valence-corrected chi connectivity index (χ4v) is 3.59. The Morgan fingerprint density at radius 2 is 2.24 bits per heavy atom. The second-order valence-corrected chi connectivity index (χ2v) is 6.53. The first-order valence-electron chi connectivity index (χ1n) is 8.51. The van der Waals surface area contributed by atoms with E-state index < -0.39 is 0 Å². The fraction of sp³-hybridized carbons (Fsp3) is 0.444. The molecule has 0 aliphatic carbocycles. The van der Waals surface area contributed by atoms with Crippen molar-refractivity contribution in [2.24, 2.45) is 0 Å². The van der Waals surface area contributed by atoms with Crippen molar-refractivity contribution in [3.05, 3.63) is 48.7 Å². The van der Waals surface area contributed by atoms with Crippen LogP contribution in [0.5, 0.6) is 5.88 Å². The van der Waals surface area contributed by atoms with Crippen LogP contribution in [0.2, 0.25) is 0 Å². The molecule has 4 heterocycles. The van der Waals surface area contributed by atoms with E-state index in [1.54, 1.807) is 12.4 Å². The zero-order chi connectivity index (χ0) is 17.1. The van der Waals surface area contributed by atoms with E-state index in [9.17, 15) is 4.79 Å². The van der Waals surface area contributed by atoms with Gasteiger partial charge in [-0.1, -0.05) is 6.07 Å². The van der Waals surface area contributed by atoms with Gasteiger partial charge in [-0.15, -0.1) is 0 Å². The van der Waals surface area contributed by atoms with E-state index in [-0.39, 0.29) is 17.6 Å². The summed E-state index contributed by atoms with van der Waals surface area (Å²) in [6.45, 7) is 1.79. The fourth-order valence-electron chi connectivity index (χ4n) is 3.59. The first kappa shape index (κ1) is 16.0. The molecule has 2 saturated heterocycles. The highest BCUT2D eigenvalue weighted by atomic mass is 16.6. The molecule has 2 aliphatic heterocycles. The zero-order valence-corrected chi connectivity index (χ0v) is 13.9. The Morgan fingerprint density at radius 1 is 1.28 bits per heavy atom. The molecule has 2 fully saturated rings. The molecule has 0 unspecified atom stereocenters. The van der Waals surface area contributed by atoms with Gasteiger partial charge in [-0.05, 0) is 18.9 Å². The Kier molecular flexibility index (Phi) is 4.31. The number of likely N-dealkylation sites (tertiary alicyclic amines) is 1. The smallest absolute Gasteiger partial charge is 0.274 e. The van der Waals surface area contributed by atoms with Crippen LogP contribution in [0.4, 0.5) is 0 Å². The third-order valence-corrected chi connectivity index (χ3v) is 4.71. The average Bonchev–Trinajstić information content (AvgIpc) is 3.04. The Labute approximate surface area is 146 Å². The number of amides is 1. The molecule has 0 bridgehead atoms. The van der Waals surface area contributed by atoms with Crippen molar-refractivity contribution >= 4 is 5.91 Å². The van der Waals surface area contributed by atoms with Crippen LogP contribution in [0.3, 0.4) is 0 Å². The topological polar surface area (TPSA) is 77.4 Å². The Balaban J connectivity index is 1.42. The number of hydrogen-bond donors (Lipinski definition) is 0. The number of nitrogens with zero attached hydrogens (tertiary/aromatic N) is 4. The van der Waals surface area contributed by atoms with Crippen molar-refractivity contribution in [1.82, 2.24) is 19.9 Å². The second-order valence-electron chi connectivity index (χ2n) is 6.53. The quantitative estimate of drug-likeness (QED) is 0.847. The molecule has 4 rings (SSSR count). The highest BCUT2D eigenvalue weighted by molar-refractivity contribution is 5.92. The predicted molar refractivity (Wildman–Crippen MR) is 89.1 cm³/mol. The van der Waals surface area contributed by atoms with E-state index in [0.717, 1.165) is 19.3 Å². The molecule has 1 amide bonds. The first-order valence-corrected chi connectivity index (χ1v) is 8.51. The van der Waals surface area contributed by atoms with Gasteiger partial charge in [-0.3, -0.25) is 9.78 Å². The third kappa shape index (κ3) is 3.46. The SMILES string of the molecule is O=C(c1cnccn1)N1CCC[C@]2(C[C@H](Oc3ccccn3)CO2)C1. The molecule has 25 heavy (non-hydrogen) atoms. The predicted octanol–water partition coefficient (Wildman–Crippen LogP) is 1.71. The van der Waals surface area contributed by atoms with E-state index in [0.29, 0.717) is 31.3 Å². The van der Waals surface area contributed by atoms with Gasteiger partial charge in [0.15, 0.2) is 0 Å². The van der Waals surface area contributed by atoms with Crippen molar-refractivity contribution in [3.63, 3.8) is 0 Å². The first-order chi connectivity index (χ1) is 12.2. The zero-order valence-electron chi connectivity index (χ0n) is 13.9. The van der Waals surface area contributed by atoms with Crippen molar-refractivity contribution in [1.29, 1.82) is 0 Å². The number of carbonyl (C=O) groups excluding carboxylic acids is 1. The minimum absolute atomic E-state index is 0.0403. The van der Waals surface area contributed by atoms with Gasteiger partial charge in [0.05, 0.1) is 24.9 Å². The number of ether oxygens (including phenoxy) is 2. The summed E-state index contributed by atoms with van der Waals surface area (Å²) in [4.78, 5) is 26.7. The molecular formula is C18H20N4O3. The number of hydrogen-bond acceptors (Lipinski definition) is 6. The van der Waals surface area contributed by atoms with Crippen LogP contribution in [0.1, 0.15) is 29.8 Å². The number of carbonyl (C=O) groups is 1. The van der Waals surface area contributed by atoms with Crippen LogP contribution in [0.15, 0.2) is 43.0 Å². The molecule has 2 aromatic rings. The Bertz CT molecular complexity index is 728. The summed E-state index contributed by atoms with van der Waals surface area (Å²) in [5.41, 5.74) is 0.0362. The lowest BCUT2D eigenvalue weighted by Gasteiger charge is -2.39. The maximum absolute atomic E-state index is 12.6. The summed E-state index contributed by atoms with van der Waals surface area (Å²) in [6, 6.07) is 5.60. The standard InChI is InChI=1S/C18H20N4O3/c23-17(15-11-19-7-8-20-15)22-9-3-5-18(13-22)10-14(12-24-18)25-16-4-1-2-6-21-16/h1-2,4,6-8,11,14H,3,5,9-10,12-13H2/t14-,18-/m0/s1. The maximum Gasteiger partial charge on any atom is 0.274 e. The third-order valence-electron chi connectivity index (χ3n) is 4.71. The number of pyridine rings is 1. The molecule has 130 valence electrons. The van der Waals surface area contributed by atoms with Crippen molar-refractivity contribution in [2.45, 2.75) is 31.0 Å². The van der Waals surface area contributed by atoms with E-state index in [1.807, 2.05) is 23.1 Å². The summed E-state index contributed by atoms with van der Waals surface area (Å²) >= 11 is 0. The molecule has 0 saturated carbocycles. The number of piperidine rings is 1. The monoisotopic (exact) mass is 340 g/mol. The molecule has 2 atom stereocenters. The summed E-state index contributed by atoms with van der Waals surface area (Å²) in [6.07, 6.45) is 8.87. The molecule has 2 aromatic heterocycles. The van der Waals surface area contributed by atoms with Gasteiger partial charge in [0.1, 0.15) is 11.8 Å². The Morgan fingerprint density at radius 3 is 3.04 bits per heavy atom. The second kappa shape index (κ2) is 6.76. The van der Waals surface area contributed by atoms with Crippen LogP contribution in [0, 0.1) is 0 Å². The van der Waals surface area contributed by atoms with Gasteiger partial charge in [-0.2, -0.15) is 0 Å². The van der Waals surface area contributed by atoms with E-state index in [2.05, 4.69) is 15.0 Å². The molecular weight excluding hydrogens is 320 g/mol. The average molecular weight is 340 g/mol. The lowest BCUT2D eigenvalue weighted by molar-refractivity contribution is -0.0454. The van der Waals surface area contributed by atoms with Crippen molar-refractivity contribution in [3.8, 4) is 5.88 Å². The molecule has 2 aliphatic rings. The maximum atomic E-state index is 12.6. The van der Waals surface area contributed by atoms with Gasteiger partial charge >= 0.3 is 0 Å². The lowest BCUT2D eigenvalue weighted by Crippen LogP contribution is -2.50. The largest absolute Gasteiger partial charge is 0.472 e. The van der Waals surface area contributed by atoms with Crippen LogP contribution >= 0.6 is 0 Å². The van der Waals surface area contributed by atoms with Gasteiger partial charge in [0, 0.05) is 37.6 Å². The minimum atomic E-state index is -0.338. The molecule has 1 spiro atoms. The molecule has 0 aromatic carbocycles. The lowest BCUT2D eigenvalue weighted by atomic mass is 9.89. The number of aromatic nitrogens is 3. The van der Waals surface area contributed by atoms with Crippen LogP contribution < -0.4 is 4.74 Å². The van der Waals surface area contributed by atoms with Gasteiger partial charge < -0.3 is 14.4 Å². The van der Waals surface area contributed by atoms with E-state index in [4.69, 9.17) is 9.47 Å². The van der Waals surface area contributed by atoms with Gasteiger partial charge in [0.25, 0.3) is 5.91 Å². The summed E-state index contributed by atoms with van der Waals surface area (Å²) in [5, 5.41) is 0. The summed E-state index contributed by atoms with van der Waals surface area (Å²) in [7, 11) is 0. The molecule has 7 heteroatoms. The van der Waals surface area contributed by atoms with Crippen molar-refractivity contribution in [2.75, 3.05) is 19.7 Å².